The van der Waals surface area contributed by atoms with Crippen molar-refractivity contribution in [2.45, 2.75) is 24.5 Å². The Kier molecular flexibility index (Phi) is 6.13. The van der Waals surface area contributed by atoms with Crippen LogP contribution in [0.3, 0.4) is 0 Å². The lowest BCUT2D eigenvalue weighted by molar-refractivity contribution is -0.127. The van der Waals surface area contributed by atoms with Crippen LogP contribution < -0.4 is 14.4 Å². The number of hydrogen-bond donors (Lipinski definition) is 1. The van der Waals surface area contributed by atoms with Crippen molar-refractivity contribution < 1.29 is 17.9 Å². The molecule has 1 N–H and O–H groups in total. The fraction of sp³-hybridized carbons (Fsp3) is 0.148. The van der Waals surface area contributed by atoms with Gasteiger partial charge in [-0.15, -0.1) is 0 Å². The first-order chi connectivity index (χ1) is 16.8. The van der Waals surface area contributed by atoms with Crippen molar-refractivity contribution in [2.24, 2.45) is 0 Å². The van der Waals surface area contributed by atoms with Gasteiger partial charge in [0, 0.05) is 11.6 Å². The average molecular weight is 507 g/mol. The number of hydrogen-bond acceptors (Lipinski definition) is 4. The molecule has 0 aliphatic carbocycles. The number of carbonyl (C=O) groups excluding carboxylic acids is 1. The molecule has 1 aliphatic rings. The fourth-order valence-electron chi connectivity index (χ4n) is 4.17. The summed E-state index contributed by atoms with van der Waals surface area (Å²) in [7, 11) is -3.96. The van der Waals surface area contributed by atoms with Crippen LogP contribution in [0.5, 0.6) is 5.75 Å². The Hall–Kier alpha value is -3.55. The van der Waals surface area contributed by atoms with Gasteiger partial charge in [-0.25, -0.2) is 8.42 Å². The third-order valence-electron chi connectivity index (χ3n) is 6.02. The summed E-state index contributed by atoms with van der Waals surface area (Å²) < 4.78 is 34.3. The maximum absolute atomic E-state index is 13.6. The van der Waals surface area contributed by atoms with Crippen LogP contribution in [0.4, 0.5) is 5.69 Å². The maximum atomic E-state index is 13.6. The van der Waals surface area contributed by atoms with Gasteiger partial charge in [0.1, 0.15) is 5.75 Å². The second-order valence-corrected chi connectivity index (χ2v) is 10.7. The zero-order chi connectivity index (χ0) is 24.6. The van der Waals surface area contributed by atoms with Crippen molar-refractivity contribution in [1.82, 2.24) is 5.32 Å². The van der Waals surface area contributed by atoms with Crippen LogP contribution in [0.15, 0.2) is 89.8 Å². The van der Waals surface area contributed by atoms with Gasteiger partial charge >= 0.3 is 0 Å². The van der Waals surface area contributed by atoms with E-state index in [2.05, 4.69) is 5.32 Å². The first kappa shape index (κ1) is 23.2. The number of halogens is 1. The first-order valence-electron chi connectivity index (χ1n) is 11.1. The third-order valence-corrected chi connectivity index (χ3v) is 8.05. The molecule has 0 saturated heterocycles. The highest BCUT2D eigenvalue weighted by atomic mass is 35.5. The first-order valence-corrected chi connectivity index (χ1v) is 12.9. The van der Waals surface area contributed by atoms with E-state index in [0.717, 1.165) is 21.9 Å². The Morgan fingerprint density at radius 2 is 1.77 bits per heavy atom. The summed E-state index contributed by atoms with van der Waals surface area (Å²) in [6.45, 7) is 2.00. The largest absolute Gasteiger partial charge is 0.476 e. The summed E-state index contributed by atoms with van der Waals surface area (Å²) in [5.74, 6) is -0.121. The fourth-order valence-corrected chi connectivity index (χ4v) is 5.80. The van der Waals surface area contributed by atoms with Crippen LogP contribution in [0.1, 0.15) is 11.1 Å². The molecule has 0 aromatic heterocycles. The van der Waals surface area contributed by atoms with Crippen molar-refractivity contribution in [3.63, 3.8) is 0 Å². The molecule has 0 unspecified atom stereocenters. The number of anilines is 1. The van der Waals surface area contributed by atoms with Crippen molar-refractivity contribution in [3.05, 3.63) is 101 Å². The predicted octanol–water partition coefficient (Wildman–Crippen LogP) is 5.07. The standard InChI is InChI=1S/C27H23ClN2O4S/c1-18-9-12-22(13-10-18)35(32,33)30-17-26(34-25-14-11-21(28)15-24(25)30)27(31)29-16-20-7-4-6-19-5-2-3-8-23(19)20/h2-15,26H,16-17H2,1H3,(H,29,31)/t26-/m1/s1. The van der Waals surface area contributed by atoms with E-state index >= 15 is 0 Å². The van der Waals surface area contributed by atoms with Crippen molar-refractivity contribution in [1.29, 1.82) is 0 Å². The summed E-state index contributed by atoms with van der Waals surface area (Å²) in [6.07, 6.45) is -1.03. The number of aryl methyl sites for hydroxylation is 1. The van der Waals surface area contributed by atoms with Crippen molar-refractivity contribution in [2.75, 3.05) is 10.8 Å². The van der Waals surface area contributed by atoms with Gasteiger partial charge < -0.3 is 10.1 Å². The monoisotopic (exact) mass is 506 g/mol. The molecule has 0 spiro atoms. The van der Waals surface area contributed by atoms with Crippen LogP contribution in [0.25, 0.3) is 10.8 Å². The molecule has 0 radical (unpaired) electrons. The molecule has 1 heterocycles. The number of carbonyl (C=O) groups is 1. The van der Waals surface area contributed by atoms with E-state index in [9.17, 15) is 13.2 Å². The quantitative estimate of drug-likeness (QED) is 0.410. The lowest BCUT2D eigenvalue weighted by atomic mass is 10.0. The topological polar surface area (TPSA) is 75.7 Å². The number of nitrogens with zero attached hydrogens (tertiary/aromatic N) is 1. The summed E-state index contributed by atoms with van der Waals surface area (Å²) in [4.78, 5) is 13.3. The summed E-state index contributed by atoms with van der Waals surface area (Å²) in [5, 5.41) is 5.40. The van der Waals surface area contributed by atoms with Crippen molar-refractivity contribution >= 4 is 44.0 Å². The molecule has 1 amide bonds. The number of nitrogens with one attached hydrogen (secondary N) is 1. The molecule has 178 valence electrons. The molecule has 35 heavy (non-hydrogen) atoms. The lowest BCUT2D eigenvalue weighted by Gasteiger charge is -2.35. The normalized spacial score (nSPS) is 15.4. The van der Waals surface area contributed by atoms with Gasteiger partial charge in [-0.1, -0.05) is 71.8 Å². The number of amides is 1. The van der Waals surface area contributed by atoms with Crippen LogP contribution >= 0.6 is 11.6 Å². The van der Waals surface area contributed by atoms with Gasteiger partial charge in [0.15, 0.2) is 6.10 Å². The van der Waals surface area contributed by atoms with E-state index in [1.54, 1.807) is 36.4 Å². The SMILES string of the molecule is Cc1ccc(S(=O)(=O)N2C[C@H](C(=O)NCc3cccc4ccccc34)Oc3ccc(Cl)cc32)cc1. The Labute approximate surface area is 209 Å². The minimum atomic E-state index is -3.96. The zero-order valence-electron chi connectivity index (χ0n) is 18.9. The second kappa shape index (κ2) is 9.24. The van der Waals surface area contributed by atoms with E-state index in [1.165, 1.54) is 10.4 Å². The number of rotatable bonds is 5. The molecule has 0 saturated carbocycles. The van der Waals surface area contributed by atoms with Gasteiger partial charge in [0.2, 0.25) is 0 Å². The predicted molar refractivity (Wildman–Crippen MR) is 137 cm³/mol. The number of ether oxygens (including phenoxy) is 1. The Morgan fingerprint density at radius 1 is 1.03 bits per heavy atom. The van der Waals surface area contributed by atoms with Crippen LogP contribution in [-0.4, -0.2) is 27.0 Å². The van der Waals surface area contributed by atoms with Gasteiger partial charge in [0.05, 0.1) is 17.1 Å². The molecule has 6 nitrogen and oxygen atoms in total. The van der Waals surface area contributed by atoms with E-state index < -0.39 is 22.0 Å². The molecule has 0 fully saturated rings. The molecule has 5 rings (SSSR count). The van der Waals surface area contributed by atoms with Crippen LogP contribution in [-0.2, 0) is 21.4 Å². The maximum Gasteiger partial charge on any atom is 0.264 e. The van der Waals surface area contributed by atoms with Gasteiger partial charge in [-0.3, -0.25) is 9.10 Å². The van der Waals surface area contributed by atoms with E-state index in [4.69, 9.17) is 16.3 Å². The zero-order valence-corrected chi connectivity index (χ0v) is 20.5. The highest BCUT2D eigenvalue weighted by Crippen LogP contribution is 2.39. The van der Waals surface area contributed by atoms with E-state index in [-0.39, 0.29) is 23.7 Å². The molecular formula is C27H23ClN2O4S. The Balaban J connectivity index is 1.43. The van der Waals surface area contributed by atoms with Gasteiger partial charge in [-0.05, 0) is 53.6 Å². The highest BCUT2D eigenvalue weighted by Gasteiger charge is 2.37. The molecule has 1 aliphatic heterocycles. The minimum Gasteiger partial charge on any atom is -0.476 e. The molecule has 8 heteroatoms. The number of sulfonamides is 1. The number of benzene rings is 4. The summed E-state index contributed by atoms with van der Waals surface area (Å²) in [6, 6.07) is 25.2. The Bertz CT molecular complexity index is 1520. The molecular weight excluding hydrogens is 484 g/mol. The Morgan fingerprint density at radius 3 is 2.57 bits per heavy atom. The summed E-state index contributed by atoms with van der Waals surface area (Å²) in [5.41, 5.74) is 2.21. The number of fused-ring (bicyclic) bond motifs is 2. The van der Waals surface area contributed by atoms with Crippen LogP contribution in [0, 0.1) is 6.92 Å². The molecule has 0 bridgehead atoms. The molecule has 4 aromatic carbocycles. The van der Waals surface area contributed by atoms with Gasteiger partial charge in [0.25, 0.3) is 15.9 Å². The van der Waals surface area contributed by atoms with Crippen molar-refractivity contribution in [3.8, 4) is 5.75 Å². The molecule has 4 aromatic rings. The third kappa shape index (κ3) is 4.57. The minimum absolute atomic E-state index is 0.130. The lowest BCUT2D eigenvalue weighted by Crippen LogP contribution is -2.50. The van der Waals surface area contributed by atoms with E-state index in [1.807, 2.05) is 49.4 Å². The second-order valence-electron chi connectivity index (χ2n) is 8.42. The average Bonchev–Trinajstić information content (AvgIpc) is 2.86. The van der Waals surface area contributed by atoms with Crippen LogP contribution in [0.2, 0.25) is 5.02 Å². The van der Waals surface area contributed by atoms with E-state index in [0.29, 0.717) is 10.7 Å². The smallest absolute Gasteiger partial charge is 0.264 e. The highest BCUT2D eigenvalue weighted by molar-refractivity contribution is 7.92. The molecule has 1 atom stereocenters. The summed E-state index contributed by atoms with van der Waals surface area (Å²) >= 11 is 6.17. The van der Waals surface area contributed by atoms with Gasteiger partial charge in [-0.2, -0.15) is 0 Å².